The van der Waals surface area contributed by atoms with Crippen molar-refractivity contribution in [2.24, 2.45) is 0 Å². The SMILES string of the molecule is CCOC(=O)N1CCN(c2nc(C)c3ccc(=O)n(-c4ccc(C(=O)NCc5ccc(F)cc5F)cc4)c3n2)CC1. The van der Waals surface area contributed by atoms with E-state index in [1.807, 2.05) is 11.8 Å². The van der Waals surface area contributed by atoms with Gasteiger partial charge in [-0.05, 0) is 50.2 Å². The zero-order chi connectivity index (χ0) is 29.1. The average Bonchev–Trinajstić information content (AvgIpc) is 2.96. The van der Waals surface area contributed by atoms with Crippen molar-refractivity contribution in [2.75, 3.05) is 37.7 Å². The Morgan fingerprint density at radius 3 is 2.39 bits per heavy atom. The first kappa shape index (κ1) is 27.7. The van der Waals surface area contributed by atoms with Crippen LogP contribution < -0.4 is 15.8 Å². The van der Waals surface area contributed by atoms with Crippen LogP contribution in [0.1, 0.15) is 28.5 Å². The van der Waals surface area contributed by atoms with Gasteiger partial charge in [0, 0.05) is 61.4 Å². The Labute approximate surface area is 234 Å². The number of piperazine rings is 1. The van der Waals surface area contributed by atoms with Crippen LogP contribution in [0.15, 0.2) is 59.4 Å². The molecule has 1 aliphatic rings. The molecule has 0 radical (unpaired) electrons. The minimum absolute atomic E-state index is 0.109. The number of hydrogen-bond donors (Lipinski definition) is 1. The van der Waals surface area contributed by atoms with E-state index in [4.69, 9.17) is 9.72 Å². The smallest absolute Gasteiger partial charge is 0.409 e. The maximum absolute atomic E-state index is 13.9. The number of carbonyl (C=O) groups excluding carboxylic acids is 2. The van der Waals surface area contributed by atoms with Gasteiger partial charge in [-0.2, -0.15) is 4.98 Å². The molecule has 0 aliphatic carbocycles. The lowest BCUT2D eigenvalue weighted by Gasteiger charge is -2.34. The Balaban J connectivity index is 1.38. The third-order valence-electron chi connectivity index (χ3n) is 6.86. The van der Waals surface area contributed by atoms with Crippen molar-refractivity contribution in [1.82, 2.24) is 24.8 Å². The molecule has 5 rings (SSSR count). The molecule has 0 saturated carbocycles. The molecule has 0 unspecified atom stereocenters. The molecule has 1 aliphatic heterocycles. The molecule has 2 amide bonds. The van der Waals surface area contributed by atoms with E-state index in [0.717, 1.165) is 12.1 Å². The molecule has 0 bridgehead atoms. The summed E-state index contributed by atoms with van der Waals surface area (Å²) >= 11 is 0. The summed E-state index contributed by atoms with van der Waals surface area (Å²) in [5, 5.41) is 3.31. The van der Waals surface area contributed by atoms with Crippen LogP contribution >= 0.6 is 0 Å². The molecule has 1 fully saturated rings. The van der Waals surface area contributed by atoms with E-state index in [9.17, 15) is 23.2 Å². The van der Waals surface area contributed by atoms with Crippen LogP contribution in [0, 0.1) is 18.6 Å². The third kappa shape index (κ3) is 5.86. The molecule has 10 nitrogen and oxygen atoms in total. The van der Waals surface area contributed by atoms with Crippen molar-refractivity contribution in [1.29, 1.82) is 0 Å². The topological polar surface area (TPSA) is 110 Å². The maximum Gasteiger partial charge on any atom is 0.409 e. The van der Waals surface area contributed by atoms with E-state index in [-0.39, 0.29) is 23.8 Å². The van der Waals surface area contributed by atoms with Gasteiger partial charge >= 0.3 is 6.09 Å². The summed E-state index contributed by atoms with van der Waals surface area (Å²) in [6, 6.07) is 12.7. The zero-order valence-electron chi connectivity index (χ0n) is 22.6. The average molecular weight is 563 g/mol. The Morgan fingerprint density at radius 1 is 0.976 bits per heavy atom. The van der Waals surface area contributed by atoms with E-state index in [1.54, 1.807) is 42.2 Å². The lowest BCUT2D eigenvalue weighted by molar-refractivity contribution is 0.0950. The molecule has 212 valence electrons. The molecule has 4 aromatic rings. The van der Waals surface area contributed by atoms with Crippen molar-refractivity contribution in [3.8, 4) is 5.69 Å². The van der Waals surface area contributed by atoms with Crippen LogP contribution in [0.5, 0.6) is 0 Å². The number of hydrogen-bond acceptors (Lipinski definition) is 7. The highest BCUT2D eigenvalue weighted by Gasteiger charge is 2.24. The van der Waals surface area contributed by atoms with Gasteiger partial charge < -0.3 is 19.9 Å². The van der Waals surface area contributed by atoms with Crippen LogP contribution in [0.25, 0.3) is 16.7 Å². The molecule has 2 aromatic heterocycles. The number of aryl methyl sites for hydroxylation is 1. The number of halogens is 2. The van der Waals surface area contributed by atoms with Crippen molar-refractivity contribution in [3.63, 3.8) is 0 Å². The van der Waals surface area contributed by atoms with Gasteiger partial charge in [-0.15, -0.1) is 0 Å². The number of ether oxygens (including phenoxy) is 1. The zero-order valence-corrected chi connectivity index (χ0v) is 22.6. The number of nitrogens with one attached hydrogen (secondary N) is 1. The van der Waals surface area contributed by atoms with Crippen LogP contribution in [0.3, 0.4) is 0 Å². The second kappa shape index (κ2) is 11.7. The third-order valence-corrected chi connectivity index (χ3v) is 6.86. The van der Waals surface area contributed by atoms with Crippen LogP contribution in [-0.4, -0.2) is 64.2 Å². The number of pyridine rings is 1. The second-order valence-corrected chi connectivity index (χ2v) is 9.49. The van der Waals surface area contributed by atoms with E-state index < -0.39 is 17.5 Å². The number of amides is 2. The Hall–Kier alpha value is -4.87. The highest BCUT2D eigenvalue weighted by molar-refractivity contribution is 5.94. The van der Waals surface area contributed by atoms with Gasteiger partial charge in [0.05, 0.1) is 18.0 Å². The minimum Gasteiger partial charge on any atom is -0.450 e. The second-order valence-electron chi connectivity index (χ2n) is 9.49. The standard InChI is InChI=1S/C29H28F2N6O4/c1-3-41-29(40)36-14-12-35(13-15-36)28-33-18(2)23-10-11-25(38)37(26(23)34-28)22-8-5-19(6-9-22)27(39)32-17-20-4-7-21(30)16-24(20)31/h4-11,16H,3,12-15,17H2,1-2H3,(H,32,39). The summed E-state index contributed by atoms with van der Waals surface area (Å²) in [7, 11) is 0. The fourth-order valence-corrected chi connectivity index (χ4v) is 4.65. The predicted molar refractivity (Wildman–Crippen MR) is 148 cm³/mol. The van der Waals surface area contributed by atoms with Gasteiger partial charge in [0.25, 0.3) is 11.5 Å². The lowest BCUT2D eigenvalue weighted by atomic mass is 10.1. The summed E-state index contributed by atoms with van der Waals surface area (Å²) in [5.74, 6) is -1.44. The summed E-state index contributed by atoms with van der Waals surface area (Å²) in [4.78, 5) is 50.7. The summed E-state index contributed by atoms with van der Waals surface area (Å²) < 4.78 is 33.6. The molecule has 41 heavy (non-hydrogen) atoms. The van der Waals surface area contributed by atoms with Crippen LogP contribution in [0.2, 0.25) is 0 Å². The van der Waals surface area contributed by atoms with Crippen molar-refractivity contribution in [2.45, 2.75) is 20.4 Å². The van der Waals surface area contributed by atoms with Crippen molar-refractivity contribution >= 4 is 29.0 Å². The van der Waals surface area contributed by atoms with Crippen molar-refractivity contribution in [3.05, 3.63) is 93.4 Å². The number of rotatable bonds is 6. The maximum atomic E-state index is 13.9. The molecule has 2 aromatic carbocycles. The van der Waals surface area contributed by atoms with E-state index in [2.05, 4.69) is 10.3 Å². The lowest BCUT2D eigenvalue weighted by Crippen LogP contribution is -2.49. The first-order valence-corrected chi connectivity index (χ1v) is 13.1. The highest BCUT2D eigenvalue weighted by atomic mass is 19.1. The van der Waals surface area contributed by atoms with Gasteiger partial charge in [-0.3, -0.25) is 14.2 Å². The number of fused-ring (bicyclic) bond motifs is 1. The molecule has 3 heterocycles. The fourth-order valence-electron chi connectivity index (χ4n) is 4.65. The first-order chi connectivity index (χ1) is 19.7. The molecule has 1 N–H and O–H groups in total. The Bertz CT molecular complexity index is 1670. The quantitative estimate of drug-likeness (QED) is 0.383. The van der Waals surface area contributed by atoms with E-state index >= 15 is 0 Å². The van der Waals surface area contributed by atoms with E-state index in [0.29, 0.717) is 66.7 Å². The summed E-state index contributed by atoms with van der Waals surface area (Å²) in [6.45, 7) is 5.73. The predicted octanol–water partition coefficient (Wildman–Crippen LogP) is 3.58. The number of nitrogens with zero attached hydrogens (tertiary/aromatic N) is 5. The normalized spacial score (nSPS) is 13.4. The molecule has 0 atom stereocenters. The molecular formula is C29H28F2N6O4. The van der Waals surface area contributed by atoms with Gasteiger partial charge in [0.1, 0.15) is 11.6 Å². The molecular weight excluding hydrogens is 534 g/mol. The van der Waals surface area contributed by atoms with Crippen molar-refractivity contribution < 1.29 is 23.1 Å². The van der Waals surface area contributed by atoms with Gasteiger partial charge in [-0.1, -0.05) is 6.07 Å². The monoisotopic (exact) mass is 562 g/mol. The largest absolute Gasteiger partial charge is 0.450 e. The summed E-state index contributed by atoms with van der Waals surface area (Å²) in [6.07, 6.45) is -0.351. The molecule has 0 spiro atoms. The van der Waals surface area contributed by atoms with Crippen LogP contribution in [0.4, 0.5) is 19.5 Å². The number of aromatic nitrogens is 3. The van der Waals surface area contributed by atoms with Gasteiger partial charge in [0.15, 0.2) is 5.65 Å². The minimum atomic E-state index is -0.742. The molecule has 1 saturated heterocycles. The van der Waals surface area contributed by atoms with Gasteiger partial charge in [-0.25, -0.2) is 18.6 Å². The highest BCUT2D eigenvalue weighted by Crippen LogP contribution is 2.22. The molecule has 12 heteroatoms. The number of anilines is 1. The Morgan fingerprint density at radius 2 is 1.71 bits per heavy atom. The summed E-state index contributed by atoms with van der Waals surface area (Å²) in [5.41, 5.74) is 1.75. The van der Waals surface area contributed by atoms with E-state index in [1.165, 1.54) is 16.7 Å². The van der Waals surface area contributed by atoms with Crippen LogP contribution in [-0.2, 0) is 11.3 Å². The number of benzene rings is 2. The fraction of sp³-hybridized carbons (Fsp3) is 0.276. The Kier molecular flexibility index (Phi) is 7.90. The van der Waals surface area contributed by atoms with Gasteiger partial charge in [0.2, 0.25) is 5.95 Å². The number of carbonyl (C=O) groups is 2. The first-order valence-electron chi connectivity index (χ1n) is 13.1.